The molecule has 1 aromatic carbocycles. The molecule has 0 saturated carbocycles. The molecule has 1 atom stereocenters. The van der Waals surface area contributed by atoms with Crippen LogP contribution in [0.5, 0.6) is 0 Å². The molecule has 1 aliphatic rings. The Morgan fingerprint density at radius 1 is 1.59 bits per heavy atom. The SMILES string of the molecule is C[C@H]1CNCCN1C(=O)Nc1cccc(F)c1. The van der Waals surface area contributed by atoms with Gasteiger partial charge in [0.25, 0.3) is 0 Å². The largest absolute Gasteiger partial charge is 0.322 e. The van der Waals surface area contributed by atoms with E-state index < -0.39 is 0 Å². The van der Waals surface area contributed by atoms with Crippen molar-refractivity contribution in [1.82, 2.24) is 10.2 Å². The van der Waals surface area contributed by atoms with Gasteiger partial charge in [0.2, 0.25) is 0 Å². The number of rotatable bonds is 1. The molecular formula is C12H16FN3O. The van der Waals surface area contributed by atoms with Crippen LogP contribution in [-0.4, -0.2) is 36.6 Å². The van der Waals surface area contributed by atoms with E-state index in [1.165, 1.54) is 12.1 Å². The molecule has 92 valence electrons. The lowest BCUT2D eigenvalue weighted by Gasteiger charge is -2.33. The maximum Gasteiger partial charge on any atom is 0.322 e. The zero-order chi connectivity index (χ0) is 12.3. The van der Waals surface area contributed by atoms with E-state index in [4.69, 9.17) is 0 Å². The summed E-state index contributed by atoms with van der Waals surface area (Å²) in [5, 5.41) is 5.91. The van der Waals surface area contributed by atoms with Crippen LogP contribution in [0.15, 0.2) is 24.3 Å². The van der Waals surface area contributed by atoms with Gasteiger partial charge in [-0.2, -0.15) is 0 Å². The second-order valence-electron chi connectivity index (χ2n) is 4.19. The van der Waals surface area contributed by atoms with Crippen molar-refractivity contribution in [2.45, 2.75) is 13.0 Å². The summed E-state index contributed by atoms with van der Waals surface area (Å²) < 4.78 is 13.0. The molecule has 2 N–H and O–H groups in total. The number of hydrogen-bond acceptors (Lipinski definition) is 2. The minimum Gasteiger partial charge on any atom is -0.319 e. The maximum atomic E-state index is 13.0. The summed E-state index contributed by atoms with van der Waals surface area (Å²) in [6.07, 6.45) is 0. The number of piperazine rings is 1. The monoisotopic (exact) mass is 237 g/mol. The molecule has 1 heterocycles. The summed E-state index contributed by atoms with van der Waals surface area (Å²) in [5.74, 6) is -0.351. The van der Waals surface area contributed by atoms with Crippen LogP contribution >= 0.6 is 0 Å². The third-order valence-electron chi connectivity index (χ3n) is 2.84. The van der Waals surface area contributed by atoms with E-state index in [2.05, 4.69) is 10.6 Å². The molecule has 1 aromatic rings. The molecule has 0 bridgehead atoms. The molecule has 0 spiro atoms. The molecule has 2 amide bonds. The second-order valence-corrected chi connectivity index (χ2v) is 4.19. The minimum absolute atomic E-state index is 0.150. The standard InChI is InChI=1S/C12H16FN3O/c1-9-8-14-5-6-16(9)12(17)15-11-4-2-3-10(13)7-11/h2-4,7,9,14H,5-6,8H2,1H3,(H,15,17)/t9-/m0/s1. The highest BCUT2D eigenvalue weighted by Gasteiger charge is 2.22. The smallest absolute Gasteiger partial charge is 0.319 e. The van der Waals surface area contributed by atoms with E-state index in [1.54, 1.807) is 17.0 Å². The third kappa shape index (κ3) is 2.94. The average Bonchev–Trinajstić information content (AvgIpc) is 2.29. The Morgan fingerprint density at radius 3 is 3.12 bits per heavy atom. The fourth-order valence-electron chi connectivity index (χ4n) is 1.90. The topological polar surface area (TPSA) is 44.4 Å². The fraction of sp³-hybridized carbons (Fsp3) is 0.417. The van der Waals surface area contributed by atoms with Gasteiger partial charge in [-0.15, -0.1) is 0 Å². The molecule has 5 heteroatoms. The molecule has 0 aromatic heterocycles. The summed E-state index contributed by atoms with van der Waals surface area (Å²) in [7, 11) is 0. The molecule has 1 aliphatic heterocycles. The van der Waals surface area contributed by atoms with Crippen molar-refractivity contribution >= 4 is 11.7 Å². The van der Waals surface area contributed by atoms with Gasteiger partial charge in [0.1, 0.15) is 5.82 Å². The molecule has 0 aliphatic carbocycles. The Balaban J connectivity index is 2.01. The molecule has 1 fully saturated rings. The average molecular weight is 237 g/mol. The first-order valence-electron chi connectivity index (χ1n) is 5.71. The highest BCUT2D eigenvalue weighted by molar-refractivity contribution is 5.89. The lowest BCUT2D eigenvalue weighted by molar-refractivity contribution is 0.177. The van der Waals surface area contributed by atoms with E-state index in [9.17, 15) is 9.18 Å². The number of hydrogen-bond donors (Lipinski definition) is 2. The van der Waals surface area contributed by atoms with E-state index in [1.807, 2.05) is 6.92 Å². The van der Waals surface area contributed by atoms with Gasteiger partial charge in [-0.05, 0) is 25.1 Å². The maximum absolute atomic E-state index is 13.0. The Bertz CT molecular complexity index is 410. The predicted octanol–water partition coefficient (Wildman–Crippen LogP) is 1.65. The first kappa shape index (κ1) is 11.9. The van der Waals surface area contributed by atoms with Crippen LogP contribution in [0, 0.1) is 5.82 Å². The fourth-order valence-corrected chi connectivity index (χ4v) is 1.90. The van der Waals surface area contributed by atoms with Gasteiger partial charge in [-0.25, -0.2) is 9.18 Å². The van der Waals surface area contributed by atoms with Crippen molar-refractivity contribution in [3.63, 3.8) is 0 Å². The predicted molar refractivity (Wildman–Crippen MR) is 64.5 cm³/mol. The molecule has 4 nitrogen and oxygen atoms in total. The molecule has 2 rings (SSSR count). The lowest BCUT2D eigenvalue weighted by atomic mass is 10.2. The highest BCUT2D eigenvalue weighted by atomic mass is 19.1. The summed E-state index contributed by atoms with van der Waals surface area (Å²) >= 11 is 0. The van der Waals surface area contributed by atoms with Crippen LogP contribution in [0.1, 0.15) is 6.92 Å². The van der Waals surface area contributed by atoms with E-state index in [0.717, 1.165) is 13.1 Å². The van der Waals surface area contributed by atoms with Crippen molar-refractivity contribution in [3.8, 4) is 0 Å². The number of amides is 2. The minimum atomic E-state index is -0.351. The van der Waals surface area contributed by atoms with E-state index in [0.29, 0.717) is 12.2 Å². The van der Waals surface area contributed by atoms with Gasteiger partial charge < -0.3 is 15.5 Å². The van der Waals surface area contributed by atoms with Gasteiger partial charge in [0.15, 0.2) is 0 Å². The number of anilines is 1. The van der Waals surface area contributed by atoms with Crippen LogP contribution < -0.4 is 10.6 Å². The Hall–Kier alpha value is -1.62. The number of carbonyl (C=O) groups is 1. The number of nitrogens with zero attached hydrogens (tertiary/aromatic N) is 1. The molecule has 0 unspecified atom stereocenters. The number of halogens is 1. The number of benzene rings is 1. The van der Waals surface area contributed by atoms with Gasteiger partial charge in [0.05, 0.1) is 0 Å². The Morgan fingerprint density at radius 2 is 2.41 bits per heavy atom. The highest BCUT2D eigenvalue weighted by Crippen LogP contribution is 2.11. The molecule has 0 radical (unpaired) electrons. The molecular weight excluding hydrogens is 221 g/mol. The first-order chi connectivity index (χ1) is 8.16. The first-order valence-corrected chi connectivity index (χ1v) is 5.71. The summed E-state index contributed by atoms with van der Waals surface area (Å²) in [6.45, 7) is 4.23. The number of urea groups is 1. The van der Waals surface area contributed by atoms with Crippen LogP contribution in [0.3, 0.4) is 0 Å². The molecule has 1 saturated heterocycles. The zero-order valence-corrected chi connectivity index (χ0v) is 9.74. The van der Waals surface area contributed by atoms with Crippen LogP contribution in [0.25, 0.3) is 0 Å². The van der Waals surface area contributed by atoms with Gasteiger partial charge in [0, 0.05) is 31.4 Å². The lowest BCUT2D eigenvalue weighted by Crippen LogP contribution is -2.53. The van der Waals surface area contributed by atoms with Crippen LogP contribution in [-0.2, 0) is 0 Å². The van der Waals surface area contributed by atoms with Crippen molar-refractivity contribution < 1.29 is 9.18 Å². The Kier molecular flexibility index (Phi) is 3.58. The number of carbonyl (C=O) groups excluding carboxylic acids is 1. The second kappa shape index (κ2) is 5.14. The van der Waals surface area contributed by atoms with Gasteiger partial charge in [-0.3, -0.25) is 0 Å². The third-order valence-corrected chi connectivity index (χ3v) is 2.84. The normalized spacial score (nSPS) is 20.1. The Labute approximate surface area is 99.8 Å². The van der Waals surface area contributed by atoms with Crippen molar-refractivity contribution in [2.24, 2.45) is 0 Å². The van der Waals surface area contributed by atoms with Crippen molar-refractivity contribution in [1.29, 1.82) is 0 Å². The van der Waals surface area contributed by atoms with E-state index >= 15 is 0 Å². The van der Waals surface area contributed by atoms with Gasteiger partial charge >= 0.3 is 6.03 Å². The summed E-state index contributed by atoms with van der Waals surface area (Å²) in [5.41, 5.74) is 0.487. The summed E-state index contributed by atoms with van der Waals surface area (Å²) in [6, 6.07) is 5.88. The van der Waals surface area contributed by atoms with Gasteiger partial charge in [-0.1, -0.05) is 6.07 Å². The number of nitrogens with one attached hydrogen (secondary N) is 2. The van der Waals surface area contributed by atoms with E-state index in [-0.39, 0.29) is 17.9 Å². The molecule has 17 heavy (non-hydrogen) atoms. The van der Waals surface area contributed by atoms with Crippen molar-refractivity contribution in [3.05, 3.63) is 30.1 Å². The van der Waals surface area contributed by atoms with Crippen LogP contribution in [0.2, 0.25) is 0 Å². The quantitative estimate of drug-likeness (QED) is 0.780. The van der Waals surface area contributed by atoms with Crippen molar-refractivity contribution in [2.75, 3.05) is 25.0 Å². The summed E-state index contributed by atoms with van der Waals surface area (Å²) in [4.78, 5) is 13.7. The van der Waals surface area contributed by atoms with Crippen LogP contribution in [0.4, 0.5) is 14.9 Å². The zero-order valence-electron chi connectivity index (χ0n) is 9.74.